The first-order valence-corrected chi connectivity index (χ1v) is 7.50. The lowest BCUT2D eigenvalue weighted by Gasteiger charge is -2.39. The van der Waals surface area contributed by atoms with Gasteiger partial charge in [0.25, 0.3) is 0 Å². The number of rotatable bonds is 1. The minimum absolute atomic E-state index is 0.133. The molecular formula is C16H22N2O3. The van der Waals surface area contributed by atoms with E-state index in [-0.39, 0.29) is 5.60 Å². The van der Waals surface area contributed by atoms with Gasteiger partial charge in [-0.15, -0.1) is 0 Å². The van der Waals surface area contributed by atoms with Gasteiger partial charge in [-0.3, -0.25) is 0 Å². The Hall–Kier alpha value is -1.91. The van der Waals surface area contributed by atoms with E-state index in [1.807, 2.05) is 0 Å². The summed E-state index contributed by atoms with van der Waals surface area (Å²) in [4.78, 5) is 14.7. The summed E-state index contributed by atoms with van der Waals surface area (Å²) in [5.74, 6) is 0.984. The zero-order valence-electron chi connectivity index (χ0n) is 12.6. The van der Waals surface area contributed by atoms with E-state index in [9.17, 15) is 4.79 Å². The number of carbonyl (C=O) groups is 1. The number of aryl methyl sites for hydroxylation is 1. The molecule has 21 heavy (non-hydrogen) atoms. The molecule has 0 bridgehead atoms. The number of nitrogens with zero attached hydrogens (tertiary/aromatic N) is 2. The van der Waals surface area contributed by atoms with Crippen LogP contribution in [0.5, 0.6) is 5.75 Å². The molecule has 1 aromatic rings. The number of anilines is 1. The number of ether oxygens (including phenoxy) is 1. The van der Waals surface area contributed by atoms with Crippen LogP contribution in [0, 0.1) is 0 Å². The lowest BCUT2D eigenvalue weighted by Crippen LogP contribution is -2.48. The van der Waals surface area contributed by atoms with Crippen molar-refractivity contribution in [1.82, 2.24) is 4.90 Å². The topological polar surface area (TPSA) is 53.0 Å². The van der Waals surface area contributed by atoms with Crippen molar-refractivity contribution in [3.8, 4) is 5.75 Å². The lowest BCUT2D eigenvalue weighted by atomic mass is 9.93. The van der Waals surface area contributed by atoms with E-state index in [0.717, 1.165) is 24.3 Å². The largest absolute Gasteiger partial charge is 0.485 e. The van der Waals surface area contributed by atoms with Gasteiger partial charge in [0.1, 0.15) is 11.4 Å². The summed E-state index contributed by atoms with van der Waals surface area (Å²) in [7, 11) is 0. The Labute approximate surface area is 125 Å². The first kappa shape index (κ1) is 14.0. The Morgan fingerprint density at radius 3 is 2.62 bits per heavy atom. The summed E-state index contributed by atoms with van der Waals surface area (Å²) in [6.07, 6.45) is 1.23. The van der Waals surface area contributed by atoms with Crippen LogP contribution in [0.2, 0.25) is 0 Å². The molecule has 114 valence electrons. The molecule has 0 radical (unpaired) electrons. The lowest BCUT2D eigenvalue weighted by molar-refractivity contribution is 0.0850. The molecule has 5 nitrogen and oxygen atoms in total. The Morgan fingerprint density at radius 1 is 1.24 bits per heavy atom. The van der Waals surface area contributed by atoms with Crippen LogP contribution in [0.4, 0.5) is 10.5 Å². The fourth-order valence-corrected chi connectivity index (χ4v) is 3.04. The molecule has 2 heterocycles. The minimum atomic E-state index is -0.831. The maximum Gasteiger partial charge on any atom is 0.407 e. The Kier molecular flexibility index (Phi) is 3.43. The van der Waals surface area contributed by atoms with Crippen molar-refractivity contribution in [2.45, 2.75) is 32.3 Å². The molecule has 0 unspecified atom stereocenters. The highest BCUT2D eigenvalue weighted by Gasteiger charge is 2.30. The number of benzene rings is 1. The normalized spacial score (nSPS) is 20.7. The van der Waals surface area contributed by atoms with Gasteiger partial charge < -0.3 is 19.6 Å². The molecule has 0 spiro atoms. The summed E-state index contributed by atoms with van der Waals surface area (Å²) < 4.78 is 6.21. The number of carboxylic acid groups (broad SMARTS) is 1. The van der Waals surface area contributed by atoms with Gasteiger partial charge in [-0.2, -0.15) is 0 Å². The third-order valence-electron chi connectivity index (χ3n) is 4.34. The molecule has 2 aliphatic rings. The maximum absolute atomic E-state index is 11.0. The molecule has 5 heteroatoms. The molecule has 3 rings (SSSR count). The smallest absolute Gasteiger partial charge is 0.407 e. The van der Waals surface area contributed by atoms with Gasteiger partial charge in [0.05, 0.1) is 5.69 Å². The molecule has 0 aliphatic carbocycles. The molecule has 0 atom stereocenters. The van der Waals surface area contributed by atoms with E-state index in [0.29, 0.717) is 26.2 Å². The highest BCUT2D eigenvalue weighted by molar-refractivity contribution is 5.67. The molecular weight excluding hydrogens is 268 g/mol. The van der Waals surface area contributed by atoms with E-state index in [1.165, 1.54) is 10.5 Å². The monoisotopic (exact) mass is 290 g/mol. The van der Waals surface area contributed by atoms with E-state index in [2.05, 4.69) is 36.9 Å². The van der Waals surface area contributed by atoms with Crippen LogP contribution in [0.1, 0.15) is 25.8 Å². The average molecular weight is 290 g/mol. The third kappa shape index (κ3) is 2.77. The molecule has 1 N–H and O–H groups in total. The second kappa shape index (κ2) is 5.13. The van der Waals surface area contributed by atoms with Crippen molar-refractivity contribution < 1.29 is 14.6 Å². The Bertz CT molecular complexity index is 548. The predicted octanol–water partition coefficient (Wildman–Crippen LogP) is 2.59. The molecule has 1 fully saturated rings. The third-order valence-corrected chi connectivity index (χ3v) is 4.34. The van der Waals surface area contributed by atoms with Crippen molar-refractivity contribution in [3.63, 3.8) is 0 Å². The zero-order valence-corrected chi connectivity index (χ0v) is 12.6. The Morgan fingerprint density at radius 2 is 1.95 bits per heavy atom. The summed E-state index contributed by atoms with van der Waals surface area (Å²) in [5, 5.41) is 9.04. The van der Waals surface area contributed by atoms with E-state index in [4.69, 9.17) is 9.84 Å². The average Bonchev–Trinajstić information content (AvgIpc) is 2.46. The molecule has 1 aromatic carbocycles. The van der Waals surface area contributed by atoms with Gasteiger partial charge in [-0.1, -0.05) is 12.1 Å². The molecule has 1 amide bonds. The zero-order chi connectivity index (χ0) is 15.0. The van der Waals surface area contributed by atoms with Gasteiger partial charge in [-0.25, -0.2) is 4.79 Å². The quantitative estimate of drug-likeness (QED) is 0.863. The van der Waals surface area contributed by atoms with Gasteiger partial charge in [0, 0.05) is 26.2 Å². The predicted molar refractivity (Wildman–Crippen MR) is 81.3 cm³/mol. The van der Waals surface area contributed by atoms with Crippen LogP contribution in [-0.2, 0) is 6.42 Å². The van der Waals surface area contributed by atoms with Crippen molar-refractivity contribution in [2.75, 3.05) is 31.1 Å². The molecule has 1 saturated heterocycles. The van der Waals surface area contributed by atoms with Crippen LogP contribution < -0.4 is 9.64 Å². The van der Waals surface area contributed by atoms with Crippen molar-refractivity contribution in [1.29, 1.82) is 0 Å². The SMILES string of the molecule is CC1(C)CCc2cccc(N3CCN(C(=O)O)CC3)c2O1. The van der Waals surface area contributed by atoms with Gasteiger partial charge in [0.15, 0.2) is 0 Å². The standard InChI is InChI=1S/C16H22N2O3/c1-16(2)7-6-12-4-3-5-13(14(12)21-16)17-8-10-18(11-9-17)15(19)20/h3-5H,6-11H2,1-2H3,(H,19,20). The number of piperazine rings is 1. The first-order valence-electron chi connectivity index (χ1n) is 7.50. The summed E-state index contributed by atoms with van der Waals surface area (Å²) in [6.45, 7) is 6.76. The number of fused-ring (bicyclic) bond motifs is 1. The molecule has 2 aliphatic heterocycles. The van der Waals surface area contributed by atoms with Gasteiger partial charge in [-0.05, 0) is 38.3 Å². The fourth-order valence-electron chi connectivity index (χ4n) is 3.04. The van der Waals surface area contributed by atoms with Crippen LogP contribution in [0.25, 0.3) is 0 Å². The Balaban J connectivity index is 1.83. The summed E-state index contributed by atoms with van der Waals surface area (Å²) in [5.41, 5.74) is 2.23. The van der Waals surface area contributed by atoms with Crippen molar-refractivity contribution >= 4 is 11.8 Å². The minimum Gasteiger partial charge on any atom is -0.485 e. The molecule has 0 aromatic heterocycles. The summed E-state index contributed by atoms with van der Waals surface area (Å²) >= 11 is 0. The van der Waals surface area contributed by atoms with Crippen LogP contribution in [-0.4, -0.2) is 47.9 Å². The summed E-state index contributed by atoms with van der Waals surface area (Å²) in [6, 6.07) is 6.28. The highest BCUT2D eigenvalue weighted by Crippen LogP contribution is 2.40. The van der Waals surface area contributed by atoms with E-state index in [1.54, 1.807) is 0 Å². The highest BCUT2D eigenvalue weighted by atomic mass is 16.5. The van der Waals surface area contributed by atoms with Gasteiger partial charge in [0.2, 0.25) is 0 Å². The second-order valence-corrected chi connectivity index (χ2v) is 6.38. The van der Waals surface area contributed by atoms with E-state index < -0.39 is 6.09 Å². The van der Waals surface area contributed by atoms with Crippen LogP contribution in [0.3, 0.4) is 0 Å². The van der Waals surface area contributed by atoms with Gasteiger partial charge >= 0.3 is 6.09 Å². The van der Waals surface area contributed by atoms with Crippen LogP contribution in [0.15, 0.2) is 18.2 Å². The molecule has 0 saturated carbocycles. The fraction of sp³-hybridized carbons (Fsp3) is 0.562. The van der Waals surface area contributed by atoms with E-state index >= 15 is 0 Å². The van der Waals surface area contributed by atoms with Crippen LogP contribution >= 0.6 is 0 Å². The first-order chi connectivity index (χ1) is 9.96. The number of amides is 1. The number of para-hydroxylation sites is 1. The second-order valence-electron chi connectivity index (χ2n) is 6.38. The maximum atomic E-state index is 11.0. The number of hydrogen-bond donors (Lipinski definition) is 1. The van der Waals surface area contributed by atoms with Crippen molar-refractivity contribution in [2.24, 2.45) is 0 Å². The van der Waals surface area contributed by atoms with Crippen molar-refractivity contribution in [3.05, 3.63) is 23.8 Å². The number of hydrogen-bond acceptors (Lipinski definition) is 3.